The molecule has 0 aromatic heterocycles. The maximum Gasteiger partial charge on any atom is 0.416 e. The molecule has 210 valence electrons. The molecule has 0 radical (unpaired) electrons. The third-order valence-corrected chi connectivity index (χ3v) is 9.86. The van der Waals surface area contributed by atoms with Gasteiger partial charge in [0.05, 0.1) is 24.3 Å². The highest BCUT2D eigenvalue weighted by Gasteiger charge is 2.76. The van der Waals surface area contributed by atoms with Gasteiger partial charge < -0.3 is 26.2 Å². The van der Waals surface area contributed by atoms with Crippen molar-refractivity contribution in [1.29, 1.82) is 0 Å². The molecule has 0 N–H and O–H groups in total. The van der Waals surface area contributed by atoms with Crippen molar-refractivity contribution in [2.24, 2.45) is 17.8 Å². The lowest BCUT2D eigenvalue weighted by atomic mass is 9.73. The second kappa shape index (κ2) is 9.81. The highest BCUT2D eigenvalue weighted by Crippen LogP contribution is 2.66. The molecule has 2 heterocycles. The molecule has 0 amide bonds. The first-order valence-electron chi connectivity index (χ1n) is 13.0. The average molecular weight is 606 g/mol. The molecular formula is C29H34BrF6NO. The number of alkyl halides is 6. The Morgan fingerprint density at radius 3 is 2.05 bits per heavy atom. The highest BCUT2D eigenvalue weighted by molar-refractivity contribution is 5.34. The van der Waals surface area contributed by atoms with E-state index < -0.39 is 29.1 Å². The molecule has 5 rings (SSSR count). The van der Waals surface area contributed by atoms with E-state index >= 15 is 0 Å². The van der Waals surface area contributed by atoms with Crippen LogP contribution in [0.4, 0.5) is 26.3 Å². The number of hydrogen-bond donors (Lipinski definition) is 0. The molecule has 3 aliphatic rings. The first-order chi connectivity index (χ1) is 17.2. The van der Waals surface area contributed by atoms with Crippen molar-refractivity contribution in [2.75, 3.05) is 13.1 Å². The van der Waals surface area contributed by atoms with Crippen LogP contribution in [0.2, 0.25) is 0 Å². The first-order valence-corrected chi connectivity index (χ1v) is 13.0. The summed E-state index contributed by atoms with van der Waals surface area (Å²) in [6.45, 7) is 8.37. The van der Waals surface area contributed by atoms with Crippen LogP contribution >= 0.6 is 0 Å². The minimum Gasteiger partial charge on any atom is -1.00 e. The van der Waals surface area contributed by atoms with E-state index in [0.717, 1.165) is 43.5 Å². The van der Waals surface area contributed by atoms with E-state index in [1.807, 2.05) is 30.3 Å². The quantitative estimate of drug-likeness (QED) is 0.338. The van der Waals surface area contributed by atoms with Crippen LogP contribution in [0.25, 0.3) is 0 Å². The van der Waals surface area contributed by atoms with Gasteiger partial charge in [-0.3, -0.25) is 0 Å². The monoisotopic (exact) mass is 605 g/mol. The zero-order valence-corrected chi connectivity index (χ0v) is 23.4. The minimum absolute atomic E-state index is 0. The Morgan fingerprint density at radius 2 is 1.50 bits per heavy atom. The number of hydrogen-bond acceptors (Lipinski definition) is 1. The fraction of sp³-hybridized carbons (Fsp3) is 0.586. The van der Waals surface area contributed by atoms with Gasteiger partial charge in [0.15, 0.2) is 0 Å². The molecule has 2 aromatic rings. The summed E-state index contributed by atoms with van der Waals surface area (Å²) in [5, 5.41) is 0. The smallest absolute Gasteiger partial charge is 0.416 e. The molecule has 9 heteroatoms. The van der Waals surface area contributed by atoms with Crippen molar-refractivity contribution in [1.82, 2.24) is 0 Å². The molecule has 1 aliphatic carbocycles. The Balaban J connectivity index is 0.00000336. The molecule has 2 aliphatic heterocycles. The number of nitrogens with zero attached hydrogens (tertiary/aromatic N) is 1. The second-order valence-corrected chi connectivity index (χ2v) is 11.8. The van der Waals surface area contributed by atoms with E-state index in [9.17, 15) is 26.3 Å². The lowest BCUT2D eigenvalue weighted by molar-refractivity contribution is -0.967. The SMILES string of the molecule is CC(C)[C@@]1(OCc2ccccc2)C[N@+]2(Cc3cc(C(F)(F)F)cc(C(F)(F)F)c3)CC[C@@H]3CC[C@H]1[C@@]32C.[Br-]. The van der Waals surface area contributed by atoms with Gasteiger partial charge in [0.1, 0.15) is 24.2 Å². The van der Waals surface area contributed by atoms with E-state index in [1.54, 1.807) is 0 Å². The van der Waals surface area contributed by atoms with Gasteiger partial charge >= 0.3 is 12.4 Å². The second-order valence-electron chi connectivity index (χ2n) is 11.8. The number of quaternary nitrogens is 1. The molecule has 0 unspecified atom stereocenters. The van der Waals surface area contributed by atoms with E-state index in [2.05, 4.69) is 20.8 Å². The number of benzene rings is 2. The van der Waals surface area contributed by atoms with Crippen LogP contribution in [-0.4, -0.2) is 28.7 Å². The summed E-state index contributed by atoms with van der Waals surface area (Å²) >= 11 is 0. The van der Waals surface area contributed by atoms with Gasteiger partial charge in [0.25, 0.3) is 0 Å². The fourth-order valence-electron chi connectivity index (χ4n) is 8.06. The molecule has 2 aromatic carbocycles. The molecule has 3 fully saturated rings. The third-order valence-electron chi connectivity index (χ3n) is 9.86. The van der Waals surface area contributed by atoms with Gasteiger partial charge in [-0.2, -0.15) is 26.3 Å². The van der Waals surface area contributed by atoms with E-state index in [1.165, 1.54) is 0 Å². The van der Waals surface area contributed by atoms with Crippen molar-refractivity contribution in [3.8, 4) is 0 Å². The highest BCUT2D eigenvalue weighted by atomic mass is 79.9. The van der Waals surface area contributed by atoms with Gasteiger partial charge in [-0.25, -0.2) is 0 Å². The molecule has 0 bridgehead atoms. The predicted molar refractivity (Wildman–Crippen MR) is 128 cm³/mol. The zero-order valence-electron chi connectivity index (χ0n) is 21.8. The van der Waals surface area contributed by atoms with Crippen LogP contribution in [0.1, 0.15) is 62.3 Å². The molecule has 1 saturated carbocycles. The van der Waals surface area contributed by atoms with Crippen molar-refractivity contribution in [3.63, 3.8) is 0 Å². The van der Waals surface area contributed by atoms with Crippen molar-refractivity contribution >= 4 is 0 Å². The normalized spacial score (nSPS) is 32.5. The molecule has 2 nitrogen and oxygen atoms in total. The lowest BCUT2D eigenvalue weighted by Gasteiger charge is -2.44. The molecule has 2 saturated heterocycles. The Bertz CT molecular complexity index is 1120. The average Bonchev–Trinajstić information content (AvgIpc) is 3.38. The Morgan fingerprint density at radius 1 is 0.895 bits per heavy atom. The predicted octanol–water partition coefficient (Wildman–Crippen LogP) is 4.86. The number of rotatable bonds is 6. The van der Waals surface area contributed by atoms with Crippen molar-refractivity contribution in [2.45, 2.75) is 76.7 Å². The van der Waals surface area contributed by atoms with Crippen LogP contribution in [0.3, 0.4) is 0 Å². The largest absolute Gasteiger partial charge is 1.00 e. The third kappa shape index (κ3) is 4.60. The topological polar surface area (TPSA) is 9.23 Å². The van der Waals surface area contributed by atoms with Crippen LogP contribution in [0, 0.1) is 17.8 Å². The van der Waals surface area contributed by atoms with Crippen LogP contribution in [0.5, 0.6) is 0 Å². The summed E-state index contributed by atoms with van der Waals surface area (Å²) in [5.41, 5.74) is -2.10. The minimum atomic E-state index is -4.85. The number of halogens is 7. The van der Waals surface area contributed by atoms with Gasteiger partial charge in [0.2, 0.25) is 0 Å². The van der Waals surface area contributed by atoms with Crippen LogP contribution < -0.4 is 17.0 Å². The van der Waals surface area contributed by atoms with E-state index in [0.29, 0.717) is 23.6 Å². The Kier molecular flexibility index (Phi) is 7.59. The van der Waals surface area contributed by atoms with Crippen molar-refractivity contribution < 1.29 is 52.5 Å². The van der Waals surface area contributed by atoms with E-state index in [-0.39, 0.29) is 52.5 Å². The molecule has 0 spiro atoms. The Labute approximate surface area is 230 Å². The summed E-state index contributed by atoms with van der Waals surface area (Å²) in [7, 11) is 0. The maximum absolute atomic E-state index is 13.6. The fourth-order valence-corrected chi connectivity index (χ4v) is 8.06. The van der Waals surface area contributed by atoms with Crippen molar-refractivity contribution in [3.05, 3.63) is 70.8 Å². The summed E-state index contributed by atoms with van der Waals surface area (Å²) in [4.78, 5) is 0. The summed E-state index contributed by atoms with van der Waals surface area (Å²) in [6, 6.07) is 11.9. The van der Waals surface area contributed by atoms with E-state index in [4.69, 9.17) is 4.74 Å². The summed E-state index contributed by atoms with van der Waals surface area (Å²) < 4.78 is 89.0. The summed E-state index contributed by atoms with van der Waals surface area (Å²) in [6.07, 6.45) is -6.79. The standard InChI is InChI=1S/C29H34F6NO.BrH/c1-19(2)27(37-17-20-7-5-4-6-8-20)18-36(12-11-22-9-10-25(27)26(22,36)3)16-21-13-23(28(30,31)32)15-24(14-21)29(33,34)35;/h4-8,13-15,19,22,25H,9-12,16-18H2,1-3H3;1H/q+1;/p-1/t22-,25-,26+,27-,36+;/m0./s1. The van der Waals surface area contributed by atoms with Gasteiger partial charge in [-0.1, -0.05) is 44.2 Å². The van der Waals surface area contributed by atoms with Gasteiger partial charge in [-0.15, -0.1) is 0 Å². The Hall–Kier alpha value is -1.58. The zero-order chi connectivity index (χ0) is 26.9. The van der Waals surface area contributed by atoms with Gasteiger partial charge in [-0.05, 0) is 49.4 Å². The molecule has 5 atom stereocenters. The van der Waals surface area contributed by atoms with Crippen LogP contribution in [-0.2, 0) is 30.2 Å². The van der Waals surface area contributed by atoms with Gasteiger partial charge in [0, 0.05) is 23.8 Å². The molecular weight excluding hydrogens is 572 g/mol. The lowest BCUT2D eigenvalue weighted by Crippen LogP contribution is -3.00. The summed E-state index contributed by atoms with van der Waals surface area (Å²) in [5.74, 6) is 0.708. The first kappa shape index (κ1) is 29.4. The maximum atomic E-state index is 13.6. The molecule has 38 heavy (non-hydrogen) atoms. The number of ether oxygens (including phenoxy) is 1. The van der Waals surface area contributed by atoms with Crippen LogP contribution in [0.15, 0.2) is 48.5 Å².